The molecule has 3 nitrogen and oxygen atoms in total. The summed E-state index contributed by atoms with van der Waals surface area (Å²) in [6.07, 6.45) is 0. The van der Waals surface area contributed by atoms with Gasteiger partial charge in [0.15, 0.2) is 0 Å². The molecule has 0 aromatic heterocycles. The van der Waals surface area contributed by atoms with E-state index in [2.05, 4.69) is 5.32 Å². The Labute approximate surface area is 139 Å². The van der Waals surface area contributed by atoms with E-state index in [0.717, 1.165) is 22.6 Å². The number of aryl methyl sites for hydroxylation is 2. The van der Waals surface area contributed by atoms with Gasteiger partial charge in [0.2, 0.25) is 0 Å². The van der Waals surface area contributed by atoms with Gasteiger partial charge in [0.25, 0.3) is 0 Å². The minimum absolute atomic E-state index is 0.180. The highest BCUT2D eigenvalue weighted by atomic mass is 32.2. The molecule has 5 heteroatoms. The number of hydrogen-bond donors (Lipinski definition) is 1. The molecule has 1 aliphatic rings. The first-order valence-corrected chi connectivity index (χ1v) is 8.62. The van der Waals surface area contributed by atoms with E-state index in [1.165, 1.54) is 6.07 Å². The molecule has 2 aromatic rings. The minimum Gasteiger partial charge on any atom is -0.307 e. The molecule has 1 saturated heterocycles. The summed E-state index contributed by atoms with van der Waals surface area (Å²) in [7, 11) is 0. The van der Waals surface area contributed by atoms with Crippen molar-refractivity contribution < 1.29 is 9.18 Å². The van der Waals surface area contributed by atoms with Gasteiger partial charge in [-0.25, -0.2) is 9.18 Å². The number of carbonyl (C=O) groups is 1. The maximum absolute atomic E-state index is 14.1. The smallest absolute Gasteiger partial charge is 0.307 e. The van der Waals surface area contributed by atoms with Crippen molar-refractivity contribution >= 4 is 23.5 Å². The topological polar surface area (TPSA) is 32.3 Å². The number of halogens is 1. The quantitative estimate of drug-likeness (QED) is 0.864. The summed E-state index contributed by atoms with van der Waals surface area (Å²) < 4.78 is 14.1. The number of anilines is 1. The van der Waals surface area contributed by atoms with Crippen LogP contribution in [0.15, 0.2) is 42.5 Å². The summed E-state index contributed by atoms with van der Waals surface area (Å²) in [5.74, 6) is 0.538. The molecule has 0 saturated carbocycles. The number of thioether (sulfide) groups is 1. The van der Waals surface area contributed by atoms with E-state index in [0.29, 0.717) is 12.1 Å². The summed E-state index contributed by atoms with van der Waals surface area (Å²) in [6, 6.07) is 12.4. The van der Waals surface area contributed by atoms with Crippen LogP contribution in [0.3, 0.4) is 0 Å². The first-order chi connectivity index (χ1) is 11.1. The van der Waals surface area contributed by atoms with Gasteiger partial charge in [-0.1, -0.05) is 36.4 Å². The fraction of sp³-hybridized carbons (Fsp3) is 0.278. The molecular formula is C18H19FN2OS. The van der Waals surface area contributed by atoms with E-state index in [4.69, 9.17) is 0 Å². The molecule has 2 aromatic carbocycles. The van der Waals surface area contributed by atoms with Gasteiger partial charge in [0, 0.05) is 23.5 Å². The molecule has 120 valence electrons. The monoisotopic (exact) mass is 330 g/mol. The van der Waals surface area contributed by atoms with Crippen molar-refractivity contribution in [1.82, 2.24) is 4.90 Å². The third kappa shape index (κ3) is 3.20. The Morgan fingerprint density at radius 1 is 1.17 bits per heavy atom. The zero-order valence-corrected chi connectivity index (χ0v) is 14.0. The molecule has 1 aliphatic heterocycles. The fourth-order valence-corrected chi connectivity index (χ4v) is 4.08. The van der Waals surface area contributed by atoms with E-state index < -0.39 is 0 Å². The molecule has 1 atom stereocenters. The summed E-state index contributed by atoms with van der Waals surface area (Å²) in [5.41, 5.74) is 3.44. The predicted octanol–water partition coefficient (Wildman–Crippen LogP) is 4.72. The number of hydrogen-bond acceptors (Lipinski definition) is 2. The Morgan fingerprint density at radius 2 is 1.87 bits per heavy atom. The van der Waals surface area contributed by atoms with Gasteiger partial charge in [-0.15, -0.1) is 11.8 Å². The standard InChI is InChI=1S/C18H19FN2OS/c1-12-6-5-7-13(2)16(12)20-18(22)21-10-11-23-17(21)14-8-3-4-9-15(14)19/h3-9,17H,10-11H2,1-2H3,(H,20,22)/t17-/m0/s1. The zero-order chi connectivity index (χ0) is 16.4. The predicted molar refractivity (Wildman–Crippen MR) is 93.2 cm³/mol. The van der Waals surface area contributed by atoms with Gasteiger partial charge in [-0.3, -0.25) is 0 Å². The second kappa shape index (κ2) is 6.62. The second-order valence-corrected chi connectivity index (χ2v) is 6.82. The number of amides is 2. The van der Waals surface area contributed by atoms with Crippen LogP contribution in [0.5, 0.6) is 0 Å². The summed E-state index contributed by atoms with van der Waals surface area (Å²) in [6.45, 7) is 4.55. The molecule has 2 amide bonds. The van der Waals surface area contributed by atoms with Crippen molar-refractivity contribution in [2.75, 3.05) is 17.6 Å². The molecule has 1 fully saturated rings. The lowest BCUT2D eigenvalue weighted by atomic mass is 10.1. The highest BCUT2D eigenvalue weighted by molar-refractivity contribution is 7.99. The van der Waals surface area contributed by atoms with Crippen LogP contribution in [-0.2, 0) is 0 Å². The number of para-hydroxylation sites is 1. The molecular weight excluding hydrogens is 311 g/mol. The van der Waals surface area contributed by atoms with Crippen LogP contribution < -0.4 is 5.32 Å². The summed E-state index contributed by atoms with van der Waals surface area (Å²) in [5, 5.41) is 2.71. The van der Waals surface area contributed by atoms with Crippen LogP contribution in [0.1, 0.15) is 22.1 Å². The number of nitrogens with zero attached hydrogens (tertiary/aromatic N) is 1. The Hall–Kier alpha value is -2.01. The Morgan fingerprint density at radius 3 is 2.57 bits per heavy atom. The highest BCUT2D eigenvalue weighted by Crippen LogP contribution is 2.39. The third-order valence-corrected chi connectivity index (χ3v) is 5.28. The zero-order valence-electron chi connectivity index (χ0n) is 13.2. The first kappa shape index (κ1) is 15.9. The molecule has 0 spiro atoms. The Balaban J connectivity index is 1.83. The van der Waals surface area contributed by atoms with Gasteiger partial charge in [0.05, 0.1) is 0 Å². The fourth-order valence-electron chi connectivity index (χ4n) is 2.80. The van der Waals surface area contributed by atoms with Crippen molar-refractivity contribution in [1.29, 1.82) is 0 Å². The Kier molecular flexibility index (Phi) is 4.57. The molecule has 0 bridgehead atoms. The molecule has 23 heavy (non-hydrogen) atoms. The minimum atomic E-state index is -0.277. The number of benzene rings is 2. The molecule has 1 N–H and O–H groups in total. The van der Waals surface area contributed by atoms with Crippen LogP contribution in [0.2, 0.25) is 0 Å². The molecule has 0 aliphatic carbocycles. The van der Waals surface area contributed by atoms with Crippen molar-refractivity contribution in [3.8, 4) is 0 Å². The maximum atomic E-state index is 14.1. The molecule has 0 unspecified atom stereocenters. The lowest BCUT2D eigenvalue weighted by Gasteiger charge is -2.25. The van der Waals surface area contributed by atoms with Crippen LogP contribution >= 0.6 is 11.8 Å². The molecule has 1 heterocycles. The second-order valence-electron chi connectivity index (χ2n) is 5.64. The van der Waals surface area contributed by atoms with Gasteiger partial charge in [0.1, 0.15) is 11.2 Å². The average Bonchev–Trinajstić information content (AvgIpc) is 3.01. The highest BCUT2D eigenvalue weighted by Gasteiger charge is 2.32. The van der Waals surface area contributed by atoms with Crippen molar-refractivity contribution in [3.05, 3.63) is 65.0 Å². The SMILES string of the molecule is Cc1cccc(C)c1NC(=O)N1CCS[C@H]1c1ccccc1F. The number of nitrogens with one attached hydrogen (secondary N) is 1. The van der Waals surface area contributed by atoms with Crippen LogP contribution in [0.25, 0.3) is 0 Å². The van der Waals surface area contributed by atoms with Gasteiger partial charge in [-0.2, -0.15) is 0 Å². The van der Waals surface area contributed by atoms with E-state index >= 15 is 0 Å². The van der Waals surface area contributed by atoms with E-state index in [1.807, 2.05) is 32.0 Å². The largest absolute Gasteiger partial charge is 0.323 e. The number of urea groups is 1. The summed E-state index contributed by atoms with van der Waals surface area (Å²) in [4.78, 5) is 14.4. The van der Waals surface area contributed by atoms with Crippen molar-refractivity contribution in [2.45, 2.75) is 19.2 Å². The molecule has 3 rings (SSSR count). The summed E-state index contributed by atoms with van der Waals surface area (Å²) >= 11 is 1.59. The van der Waals surface area contributed by atoms with E-state index in [9.17, 15) is 9.18 Å². The van der Waals surface area contributed by atoms with E-state index in [1.54, 1.807) is 34.9 Å². The maximum Gasteiger partial charge on any atom is 0.323 e. The number of carbonyl (C=O) groups excluding carboxylic acids is 1. The first-order valence-electron chi connectivity index (χ1n) is 7.58. The van der Waals surface area contributed by atoms with Gasteiger partial charge >= 0.3 is 6.03 Å². The number of rotatable bonds is 2. The van der Waals surface area contributed by atoms with E-state index in [-0.39, 0.29) is 17.2 Å². The lowest BCUT2D eigenvalue weighted by molar-refractivity contribution is 0.213. The average molecular weight is 330 g/mol. The van der Waals surface area contributed by atoms with Crippen LogP contribution in [0.4, 0.5) is 14.9 Å². The molecule has 0 radical (unpaired) electrons. The normalized spacial score (nSPS) is 17.3. The Bertz CT molecular complexity index is 714. The van der Waals surface area contributed by atoms with Crippen molar-refractivity contribution in [2.24, 2.45) is 0 Å². The van der Waals surface area contributed by atoms with Crippen LogP contribution in [0, 0.1) is 19.7 Å². The van der Waals surface area contributed by atoms with Crippen molar-refractivity contribution in [3.63, 3.8) is 0 Å². The van der Waals surface area contributed by atoms with Gasteiger partial charge in [-0.05, 0) is 31.0 Å². The third-order valence-electron chi connectivity index (χ3n) is 4.04. The van der Waals surface area contributed by atoms with Gasteiger partial charge < -0.3 is 10.2 Å². The lowest BCUT2D eigenvalue weighted by Crippen LogP contribution is -2.35. The van der Waals surface area contributed by atoms with Crippen LogP contribution in [-0.4, -0.2) is 23.2 Å².